The zero-order chi connectivity index (χ0) is 15.0. The molecule has 1 aliphatic carbocycles. The van der Waals surface area contributed by atoms with Gasteiger partial charge in [0.15, 0.2) is 0 Å². The summed E-state index contributed by atoms with van der Waals surface area (Å²) in [5.74, 6) is -0.0658. The molecule has 6 nitrogen and oxygen atoms in total. The van der Waals surface area contributed by atoms with Gasteiger partial charge in [0.25, 0.3) is 0 Å². The first-order valence-electron chi connectivity index (χ1n) is 6.33. The molecule has 1 aromatic rings. The van der Waals surface area contributed by atoms with Gasteiger partial charge in [0.05, 0.1) is 23.4 Å². The molecule has 1 fully saturated rings. The Labute approximate surface area is 119 Å². The van der Waals surface area contributed by atoms with Gasteiger partial charge in [0, 0.05) is 6.04 Å². The van der Waals surface area contributed by atoms with Crippen molar-refractivity contribution in [2.75, 3.05) is 21.0 Å². The third kappa shape index (κ3) is 3.43. The van der Waals surface area contributed by atoms with Gasteiger partial charge in [-0.2, -0.15) is 0 Å². The van der Waals surface area contributed by atoms with Crippen molar-refractivity contribution in [2.24, 2.45) is 0 Å². The Morgan fingerprint density at radius 2 is 1.80 bits per heavy atom. The molecule has 1 aromatic carbocycles. The summed E-state index contributed by atoms with van der Waals surface area (Å²) in [6.07, 6.45) is 2.72. The molecule has 20 heavy (non-hydrogen) atoms. The molecule has 8 heteroatoms. The Bertz CT molecular complexity index is 694. The minimum atomic E-state index is -3.45. The zero-order valence-corrected chi connectivity index (χ0v) is 13.0. The molecular formula is C12H18N2O4S2. The van der Waals surface area contributed by atoms with E-state index in [0.29, 0.717) is 11.4 Å². The minimum absolute atomic E-state index is 0.0658. The van der Waals surface area contributed by atoms with E-state index in [9.17, 15) is 16.8 Å². The van der Waals surface area contributed by atoms with Gasteiger partial charge in [-0.15, -0.1) is 0 Å². The van der Waals surface area contributed by atoms with E-state index in [1.54, 1.807) is 24.3 Å². The number of hydrogen-bond acceptors (Lipinski definition) is 4. The van der Waals surface area contributed by atoms with E-state index in [2.05, 4.69) is 4.72 Å². The first-order valence-corrected chi connectivity index (χ1v) is 9.83. The molecule has 0 radical (unpaired) electrons. The monoisotopic (exact) mass is 318 g/mol. The second kappa shape index (κ2) is 5.25. The van der Waals surface area contributed by atoms with Crippen LogP contribution in [0, 0.1) is 0 Å². The Morgan fingerprint density at radius 1 is 1.20 bits per heavy atom. The highest BCUT2D eigenvalue weighted by molar-refractivity contribution is 7.93. The number of para-hydroxylation sites is 2. The normalized spacial score (nSPS) is 15.9. The molecule has 1 N–H and O–H groups in total. The maximum atomic E-state index is 11.9. The Balaban J connectivity index is 2.46. The lowest BCUT2D eigenvalue weighted by Crippen LogP contribution is -2.33. The summed E-state index contributed by atoms with van der Waals surface area (Å²) in [5, 5.41) is 0. The van der Waals surface area contributed by atoms with Crippen LogP contribution in [0.2, 0.25) is 0 Å². The lowest BCUT2D eigenvalue weighted by Gasteiger charge is -2.24. The van der Waals surface area contributed by atoms with Crippen LogP contribution in [0.4, 0.5) is 11.4 Å². The molecule has 0 aromatic heterocycles. The van der Waals surface area contributed by atoms with Crippen LogP contribution >= 0.6 is 0 Å². The molecule has 1 aliphatic rings. The van der Waals surface area contributed by atoms with E-state index in [-0.39, 0.29) is 11.8 Å². The third-order valence-electron chi connectivity index (χ3n) is 3.02. The first-order chi connectivity index (χ1) is 9.24. The fourth-order valence-electron chi connectivity index (χ4n) is 1.95. The molecule has 0 amide bonds. The van der Waals surface area contributed by atoms with Gasteiger partial charge in [0.2, 0.25) is 20.0 Å². The molecule has 0 aliphatic heterocycles. The van der Waals surface area contributed by atoms with E-state index >= 15 is 0 Å². The Kier molecular flexibility index (Phi) is 3.97. The molecule has 0 spiro atoms. The van der Waals surface area contributed by atoms with Crippen molar-refractivity contribution >= 4 is 31.4 Å². The topological polar surface area (TPSA) is 83.6 Å². The van der Waals surface area contributed by atoms with Crippen LogP contribution in [0.1, 0.15) is 19.8 Å². The number of anilines is 2. The van der Waals surface area contributed by atoms with E-state index < -0.39 is 20.0 Å². The first kappa shape index (κ1) is 15.1. The third-order valence-corrected chi connectivity index (χ3v) is 5.52. The molecule has 0 saturated heterocycles. The van der Waals surface area contributed by atoms with Crippen molar-refractivity contribution in [3.05, 3.63) is 24.3 Å². The molecule has 0 unspecified atom stereocenters. The molecule has 112 valence electrons. The van der Waals surface area contributed by atoms with Crippen LogP contribution in [-0.2, 0) is 20.0 Å². The van der Waals surface area contributed by atoms with Crippen LogP contribution in [0.15, 0.2) is 24.3 Å². The molecular weight excluding hydrogens is 300 g/mol. The van der Waals surface area contributed by atoms with Crippen LogP contribution in [0.5, 0.6) is 0 Å². The van der Waals surface area contributed by atoms with Gasteiger partial charge in [-0.05, 0) is 31.9 Å². The summed E-state index contributed by atoms with van der Waals surface area (Å²) in [6, 6.07) is 6.48. The number of rotatable bonds is 6. The maximum absolute atomic E-state index is 11.9. The van der Waals surface area contributed by atoms with E-state index in [1.165, 1.54) is 11.2 Å². The lowest BCUT2D eigenvalue weighted by molar-refractivity contribution is 0.595. The van der Waals surface area contributed by atoms with Gasteiger partial charge < -0.3 is 0 Å². The number of sulfonamides is 2. The largest absolute Gasteiger partial charge is 0.281 e. The predicted molar refractivity (Wildman–Crippen MR) is 79.9 cm³/mol. The van der Waals surface area contributed by atoms with Gasteiger partial charge in [0.1, 0.15) is 0 Å². The molecule has 0 heterocycles. The van der Waals surface area contributed by atoms with Crippen molar-refractivity contribution < 1.29 is 16.8 Å². The van der Waals surface area contributed by atoms with Crippen molar-refractivity contribution in [1.29, 1.82) is 0 Å². The highest BCUT2D eigenvalue weighted by Gasteiger charge is 2.36. The number of nitrogens with zero attached hydrogens (tertiary/aromatic N) is 1. The van der Waals surface area contributed by atoms with Crippen molar-refractivity contribution in [1.82, 2.24) is 0 Å². The summed E-state index contributed by atoms with van der Waals surface area (Å²) in [6.45, 7) is 1.53. The molecule has 0 bridgehead atoms. The summed E-state index contributed by atoms with van der Waals surface area (Å²) < 4.78 is 51.0. The van der Waals surface area contributed by atoms with Crippen LogP contribution in [0.3, 0.4) is 0 Å². The SMILES string of the molecule is CCS(=O)(=O)Nc1ccccc1N(C1CC1)S(C)(=O)=O. The average Bonchev–Trinajstić information content (AvgIpc) is 3.14. The van der Waals surface area contributed by atoms with Crippen LogP contribution in [0.25, 0.3) is 0 Å². The second-order valence-corrected chi connectivity index (χ2v) is 8.68. The van der Waals surface area contributed by atoms with Crippen LogP contribution in [-0.4, -0.2) is 34.9 Å². The molecule has 1 saturated carbocycles. The van der Waals surface area contributed by atoms with Crippen molar-refractivity contribution in [3.63, 3.8) is 0 Å². The van der Waals surface area contributed by atoms with E-state index in [4.69, 9.17) is 0 Å². The quantitative estimate of drug-likeness (QED) is 0.859. The molecule has 2 rings (SSSR count). The van der Waals surface area contributed by atoms with Crippen LogP contribution < -0.4 is 9.03 Å². The fourth-order valence-corrected chi connectivity index (χ4v) is 3.87. The zero-order valence-electron chi connectivity index (χ0n) is 11.4. The van der Waals surface area contributed by atoms with Gasteiger partial charge in [-0.1, -0.05) is 12.1 Å². The van der Waals surface area contributed by atoms with Gasteiger partial charge in [-0.3, -0.25) is 9.03 Å². The number of benzene rings is 1. The van der Waals surface area contributed by atoms with E-state index in [1.807, 2.05) is 0 Å². The van der Waals surface area contributed by atoms with Gasteiger partial charge in [-0.25, -0.2) is 16.8 Å². The summed E-state index contributed by atoms with van der Waals surface area (Å²) in [5.41, 5.74) is 0.682. The highest BCUT2D eigenvalue weighted by atomic mass is 32.2. The Hall–Kier alpha value is -1.28. The van der Waals surface area contributed by atoms with E-state index in [0.717, 1.165) is 19.1 Å². The van der Waals surface area contributed by atoms with Crippen molar-refractivity contribution in [3.8, 4) is 0 Å². The second-order valence-electron chi connectivity index (χ2n) is 4.81. The van der Waals surface area contributed by atoms with Crippen molar-refractivity contribution in [2.45, 2.75) is 25.8 Å². The summed E-state index contributed by atoms with van der Waals surface area (Å²) in [7, 11) is -6.89. The predicted octanol–water partition coefficient (Wildman–Crippen LogP) is 1.38. The number of hydrogen-bond donors (Lipinski definition) is 1. The molecule has 0 atom stereocenters. The highest BCUT2D eigenvalue weighted by Crippen LogP contribution is 2.37. The smallest absolute Gasteiger partial charge is 0.232 e. The number of nitrogens with one attached hydrogen (secondary N) is 1. The average molecular weight is 318 g/mol. The standard InChI is InChI=1S/C12H18N2O4S2/c1-3-20(17,18)13-11-6-4-5-7-12(11)14(10-8-9-10)19(2,15)16/h4-7,10,13H,3,8-9H2,1-2H3. The minimum Gasteiger partial charge on any atom is -0.281 e. The fraction of sp³-hybridized carbons (Fsp3) is 0.500. The maximum Gasteiger partial charge on any atom is 0.232 e. The summed E-state index contributed by atoms with van der Waals surface area (Å²) >= 11 is 0. The summed E-state index contributed by atoms with van der Waals surface area (Å²) in [4.78, 5) is 0. The lowest BCUT2D eigenvalue weighted by atomic mass is 10.2. The van der Waals surface area contributed by atoms with Gasteiger partial charge >= 0.3 is 0 Å². The Morgan fingerprint density at radius 3 is 2.30 bits per heavy atom.